The molecule has 0 aliphatic rings. The van der Waals surface area contributed by atoms with Crippen molar-refractivity contribution in [1.29, 1.82) is 0 Å². The van der Waals surface area contributed by atoms with Crippen molar-refractivity contribution < 1.29 is 9.72 Å². The maximum Gasteiger partial charge on any atom is 0.293 e. The highest BCUT2D eigenvalue weighted by atomic mass is 16.6. The molecule has 5 nitrogen and oxygen atoms in total. The van der Waals surface area contributed by atoms with Gasteiger partial charge in [0.1, 0.15) is 5.69 Å². The lowest BCUT2D eigenvalue weighted by Gasteiger charge is -2.12. The van der Waals surface area contributed by atoms with Crippen LogP contribution in [0.2, 0.25) is 0 Å². The van der Waals surface area contributed by atoms with E-state index in [-0.39, 0.29) is 17.3 Å². The molecule has 0 unspecified atom stereocenters. The predicted octanol–water partition coefficient (Wildman–Crippen LogP) is 3.77. The van der Waals surface area contributed by atoms with Gasteiger partial charge in [0.2, 0.25) is 0 Å². The van der Waals surface area contributed by atoms with E-state index < -0.39 is 4.92 Å². The van der Waals surface area contributed by atoms with E-state index >= 15 is 0 Å². The Balaban J connectivity index is 2.44. The number of nitrogens with one attached hydrogen (secondary N) is 1. The summed E-state index contributed by atoms with van der Waals surface area (Å²) in [4.78, 5) is 23.0. The predicted molar refractivity (Wildman–Crippen MR) is 81.7 cm³/mol. The largest absolute Gasteiger partial charge is 0.316 e. The smallest absolute Gasteiger partial charge is 0.293 e. The molecule has 0 aliphatic carbocycles. The number of nitro benzene ring substituents is 1. The van der Waals surface area contributed by atoms with Crippen molar-refractivity contribution >= 4 is 17.3 Å². The summed E-state index contributed by atoms with van der Waals surface area (Å²) in [6, 6.07) is 10.2. The third-order valence-corrected chi connectivity index (χ3v) is 3.54. The van der Waals surface area contributed by atoms with E-state index in [2.05, 4.69) is 5.32 Å². The van der Waals surface area contributed by atoms with Gasteiger partial charge in [-0.05, 0) is 43.5 Å². The monoisotopic (exact) mass is 284 g/mol. The SMILES string of the molecule is Cc1ccccc1C(=O)Nc1c([N+](=O)[O-])ccc(C)c1C. The van der Waals surface area contributed by atoms with Crippen LogP contribution in [0.1, 0.15) is 27.0 Å². The van der Waals surface area contributed by atoms with Crippen LogP contribution in [0.4, 0.5) is 11.4 Å². The number of amides is 1. The molecule has 0 heterocycles. The lowest BCUT2D eigenvalue weighted by atomic mass is 10.0. The number of hydrogen-bond acceptors (Lipinski definition) is 3. The highest BCUT2D eigenvalue weighted by Crippen LogP contribution is 2.30. The molecule has 108 valence electrons. The maximum absolute atomic E-state index is 12.3. The second-order valence-electron chi connectivity index (χ2n) is 4.93. The number of carbonyl (C=O) groups excluding carboxylic acids is 1. The average Bonchev–Trinajstić information content (AvgIpc) is 2.44. The molecule has 0 radical (unpaired) electrons. The molecule has 0 bridgehead atoms. The second kappa shape index (κ2) is 5.75. The molecule has 21 heavy (non-hydrogen) atoms. The Morgan fingerprint density at radius 1 is 1.05 bits per heavy atom. The Hall–Kier alpha value is -2.69. The highest BCUT2D eigenvalue weighted by molar-refractivity contribution is 6.06. The molecule has 2 aromatic rings. The minimum absolute atomic E-state index is 0.0972. The zero-order valence-electron chi connectivity index (χ0n) is 12.1. The van der Waals surface area contributed by atoms with Crippen molar-refractivity contribution in [2.24, 2.45) is 0 Å². The first-order valence-electron chi connectivity index (χ1n) is 6.53. The topological polar surface area (TPSA) is 72.2 Å². The minimum Gasteiger partial charge on any atom is -0.316 e. The van der Waals surface area contributed by atoms with Crippen LogP contribution < -0.4 is 5.32 Å². The highest BCUT2D eigenvalue weighted by Gasteiger charge is 2.20. The van der Waals surface area contributed by atoms with Gasteiger partial charge < -0.3 is 5.32 Å². The van der Waals surface area contributed by atoms with E-state index in [0.717, 1.165) is 11.1 Å². The van der Waals surface area contributed by atoms with E-state index in [1.165, 1.54) is 6.07 Å². The maximum atomic E-state index is 12.3. The van der Waals surface area contributed by atoms with Gasteiger partial charge in [0.15, 0.2) is 0 Å². The molecule has 0 spiro atoms. The van der Waals surface area contributed by atoms with Gasteiger partial charge in [0, 0.05) is 11.6 Å². The zero-order valence-corrected chi connectivity index (χ0v) is 12.1. The molecule has 5 heteroatoms. The van der Waals surface area contributed by atoms with Crippen molar-refractivity contribution in [1.82, 2.24) is 0 Å². The molecule has 2 aromatic carbocycles. The van der Waals surface area contributed by atoms with Gasteiger partial charge in [0.25, 0.3) is 11.6 Å². The Bertz CT molecular complexity index is 723. The van der Waals surface area contributed by atoms with Crippen LogP contribution in [0.5, 0.6) is 0 Å². The first-order valence-corrected chi connectivity index (χ1v) is 6.53. The van der Waals surface area contributed by atoms with Crippen molar-refractivity contribution in [3.05, 3.63) is 68.8 Å². The molecule has 0 fully saturated rings. The molecule has 2 rings (SSSR count). The van der Waals surface area contributed by atoms with Gasteiger partial charge in [-0.25, -0.2) is 0 Å². The van der Waals surface area contributed by atoms with Gasteiger partial charge in [-0.15, -0.1) is 0 Å². The van der Waals surface area contributed by atoms with Crippen LogP contribution in [0, 0.1) is 30.9 Å². The molecular formula is C16H16N2O3. The van der Waals surface area contributed by atoms with E-state index in [0.29, 0.717) is 11.1 Å². The lowest BCUT2D eigenvalue weighted by Crippen LogP contribution is -2.15. The number of benzene rings is 2. The first kappa shape index (κ1) is 14.7. The van der Waals surface area contributed by atoms with Crippen molar-refractivity contribution in [2.75, 3.05) is 5.32 Å². The Morgan fingerprint density at radius 3 is 2.33 bits per heavy atom. The number of rotatable bonds is 3. The van der Waals surface area contributed by atoms with Crippen LogP contribution in [-0.2, 0) is 0 Å². The Labute approximate surface area is 122 Å². The summed E-state index contributed by atoms with van der Waals surface area (Å²) < 4.78 is 0. The fourth-order valence-electron chi connectivity index (χ4n) is 2.12. The van der Waals surface area contributed by atoms with Crippen LogP contribution in [0.3, 0.4) is 0 Å². The number of aryl methyl sites for hydroxylation is 2. The van der Waals surface area contributed by atoms with Crippen molar-refractivity contribution in [3.63, 3.8) is 0 Å². The number of nitro groups is 1. The van der Waals surface area contributed by atoms with Crippen molar-refractivity contribution in [2.45, 2.75) is 20.8 Å². The number of nitrogens with zero attached hydrogens (tertiary/aromatic N) is 1. The third kappa shape index (κ3) is 2.91. The van der Waals surface area contributed by atoms with E-state index in [1.54, 1.807) is 25.1 Å². The van der Waals surface area contributed by atoms with Crippen LogP contribution in [0.25, 0.3) is 0 Å². The average molecular weight is 284 g/mol. The summed E-state index contributed by atoms with van der Waals surface area (Å²) in [5.41, 5.74) is 3.08. The second-order valence-corrected chi connectivity index (χ2v) is 4.93. The molecule has 0 aliphatic heterocycles. The Morgan fingerprint density at radius 2 is 1.71 bits per heavy atom. The fraction of sp³-hybridized carbons (Fsp3) is 0.188. The summed E-state index contributed by atoms with van der Waals surface area (Å²) in [5.74, 6) is -0.343. The summed E-state index contributed by atoms with van der Waals surface area (Å²) in [6.45, 7) is 5.44. The van der Waals surface area contributed by atoms with Gasteiger partial charge in [-0.3, -0.25) is 14.9 Å². The molecule has 0 aromatic heterocycles. The van der Waals surface area contributed by atoms with E-state index in [4.69, 9.17) is 0 Å². The van der Waals surface area contributed by atoms with E-state index in [9.17, 15) is 14.9 Å². The molecule has 1 N–H and O–H groups in total. The number of carbonyl (C=O) groups is 1. The molecular weight excluding hydrogens is 268 g/mol. The van der Waals surface area contributed by atoms with E-state index in [1.807, 2.05) is 26.0 Å². The third-order valence-electron chi connectivity index (χ3n) is 3.54. The van der Waals surface area contributed by atoms with Gasteiger partial charge >= 0.3 is 0 Å². The van der Waals surface area contributed by atoms with Gasteiger partial charge in [0.05, 0.1) is 4.92 Å². The molecule has 0 atom stereocenters. The summed E-state index contributed by atoms with van der Waals surface area (Å²) in [7, 11) is 0. The minimum atomic E-state index is -0.486. The quantitative estimate of drug-likeness (QED) is 0.688. The summed E-state index contributed by atoms with van der Waals surface area (Å²) >= 11 is 0. The summed E-state index contributed by atoms with van der Waals surface area (Å²) in [5, 5.41) is 13.8. The Kier molecular flexibility index (Phi) is 4.03. The van der Waals surface area contributed by atoms with Gasteiger partial charge in [-0.2, -0.15) is 0 Å². The standard InChI is InChI=1S/C16H16N2O3/c1-10-8-9-14(18(20)21)15(12(10)3)17-16(19)13-7-5-4-6-11(13)2/h4-9H,1-3H3,(H,17,19). The van der Waals surface area contributed by atoms with Crippen LogP contribution >= 0.6 is 0 Å². The van der Waals surface area contributed by atoms with Crippen LogP contribution in [0.15, 0.2) is 36.4 Å². The first-order chi connectivity index (χ1) is 9.91. The molecule has 1 amide bonds. The van der Waals surface area contributed by atoms with Crippen molar-refractivity contribution in [3.8, 4) is 0 Å². The van der Waals surface area contributed by atoms with Crippen LogP contribution in [-0.4, -0.2) is 10.8 Å². The summed E-state index contributed by atoms with van der Waals surface area (Å²) in [6.07, 6.45) is 0. The molecule has 0 saturated carbocycles. The molecule has 0 saturated heterocycles. The normalized spacial score (nSPS) is 10.2. The number of anilines is 1. The zero-order chi connectivity index (χ0) is 15.6. The van der Waals surface area contributed by atoms with Gasteiger partial charge in [-0.1, -0.05) is 24.3 Å². The lowest BCUT2D eigenvalue weighted by molar-refractivity contribution is -0.384. The fourth-order valence-corrected chi connectivity index (χ4v) is 2.12. The number of hydrogen-bond donors (Lipinski definition) is 1.